The van der Waals surface area contributed by atoms with Crippen molar-refractivity contribution in [3.05, 3.63) is 70.5 Å². The van der Waals surface area contributed by atoms with Gasteiger partial charge in [0.15, 0.2) is 5.82 Å². The summed E-state index contributed by atoms with van der Waals surface area (Å²) in [5.41, 5.74) is 11.1. The van der Waals surface area contributed by atoms with E-state index in [1.54, 1.807) is 25.3 Å². The van der Waals surface area contributed by atoms with Crippen molar-refractivity contribution in [3.8, 4) is 34.3 Å². The van der Waals surface area contributed by atoms with E-state index in [1.165, 1.54) is 11.0 Å². The van der Waals surface area contributed by atoms with Crippen molar-refractivity contribution >= 4 is 38.9 Å². The number of aryl methyl sites for hydroxylation is 1. The van der Waals surface area contributed by atoms with Crippen LogP contribution in [0.2, 0.25) is 0 Å². The van der Waals surface area contributed by atoms with E-state index in [2.05, 4.69) is 15.6 Å². The summed E-state index contributed by atoms with van der Waals surface area (Å²) in [5.74, 6) is 1.35. The first kappa shape index (κ1) is 29.2. The highest BCUT2D eigenvalue weighted by Gasteiger charge is 2.30. The largest absolute Gasteiger partial charge is 0.507 e. The molecular formula is C35H34FN7O4. The smallest absolute Gasteiger partial charge is 0.254 e. The molecule has 1 saturated carbocycles. The number of nitrogens with two attached hydrogens (primary N) is 1. The first-order valence-electron chi connectivity index (χ1n) is 15.8. The number of halogens is 1. The van der Waals surface area contributed by atoms with E-state index in [1.807, 2.05) is 35.9 Å². The lowest BCUT2D eigenvalue weighted by molar-refractivity contribution is 0.0606. The zero-order valence-corrected chi connectivity index (χ0v) is 26.0. The molecule has 0 bridgehead atoms. The Morgan fingerprint density at radius 1 is 1.11 bits per heavy atom. The van der Waals surface area contributed by atoms with Crippen LogP contribution in [-0.4, -0.2) is 72.4 Å². The number of likely N-dealkylation sites (tertiary alicyclic amines) is 1. The van der Waals surface area contributed by atoms with Crippen LogP contribution in [0.1, 0.15) is 29.6 Å². The van der Waals surface area contributed by atoms with E-state index < -0.39 is 12.2 Å². The van der Waals surface area contributed by atoms with E-state index in [9.17, 15) is 19.1 Å². The van der Waals surface area contributed by atoms with Crippen LogP contribution < -0.4 is 16.0 Å². The number of carbonyl (C=O) groups is 1. The number of aromatic amines is 1. The van der Waals surface area contributed by atoms with Gasteiger partial charge in [0, 0.05) is 54.1 Å². The van der Waals surface area contributed by atoms with E-state index >= 15 is 0 Å². The van der Waals surface area contributed by atoms with Gasteiger partial charge in [0.25, 0.3) is 11.5 Å². The van der Waals surface area contributed by atoms with Gasteiger partial charge in [-0.1, -0.05) is 6.07 Å². The number of aromatic nitrogens is 5. The monoisotopic (exact) mass is 635 g/mol. The third-order valence-corrected chi connectivity index (χ3v) is 9.35. The maximum atomic E-state index is 14.3. The summed E-state index contributed by atoms with van der Waals surface area (Å²) >= 11 is 0. The van der Waals surface area contributed by atoms with Crippen LogP contribution in [0, 0.1) is 5.92 Å². The Bertz CT molecular complexity index is 2280. The van der Waals surface area contributed by atoms with Crippen LogP contribution in [0.25, 0.3) is 55.7 Å². The first-order chi connectivity index (χ1) is 22.7. The molecule has 8 rings (SSSR count). The number of alkyl halides is 1. The molecule has 4 aromatic heterocycles. The van der Waals surface area contributed by atoms with Gasteiger partial charge in [-0.15, -0.1) is 0 Å². The Hall–Kier alpha value is -5.23. The third-order valence-electron chi connectivity index (χ3n) is 9.35. The number of benzene rings is 2. The maximum absolute atomic E-state index is 14.3. The summed E-state index contributed by atoms with van der Waals surface area (Å²) in [5, 5.41) is 11.9. The minimum absolute atomic E-state index is 0.0104. The van der Waals surface area contributed by atoms with Crippen LogP contribution in [0.15, 0.2) is 59.4 Å². The Labute approximate surface area is 268 Å². The van der Waals surface area contributed by atoms with Crippen molar-refractivity contribution in [2.75, 3.05) is 20.2 Å². The summed E-state index contributed by atoms with van der Waals surface area (Å²) in [4.78, 5) is 39.7. The van der Waals surface area contributed by atoms with Crippen molar-refractivity contribution in [3.63, 3.8) is 0 Å². The number of pyridine rings is 2. The molecule has 2 atom stereocenters. The van der Waals surface area contributed by atoms with Crippen molar-refractivity contribution in [1.82, 2.24) is 29.0 Å². The molecule has 11 nitrogen and oxygen atoms in total. The molecule has 1 aliphatic carbocycles. The second kappa shape index (κ2) is 10.9. The number of aromatic hydroxyl groups is 1. The van der Waals surface area contributed by atoms with Crippen molar-refractivity contribution in [2.24, 2.45) is 18.7 Å². The number of amides is 1. The molecule has 12 heteroatoms. The van der Waals surface area contributed by atoms with Crippen LogP contribution in [-0.2, 0) is 13.6 Å². The number of nitrogens with zero attached hydrogens (tertiary/aromatic N) is 5. The second-order valence-corrected chi connectivity index (χ2v) is 12.8. The lowest BCUT2D eigenvalue weighted by Gasteiger charge is -2.33. The highest BCUT2D eigenvalue weighted by molar-refractivity contribution is 6.00. The molecule has 0 spiro atoms. The number of rotatable bonds is 6. The molecule has 1 saturated heterocycles. The topological polar surface area (TPSA) is 144 Å². The number of carbonyl (C=O) groups excluding carboxylic acids is 1. The lowest BCUT2D eigenvalue weighted by atomic mass is 10.0. The number of imidazole rings is 1. The fourth-order valence-electron chi connectivity index (χ4n) is 6.85. The Kier molecular flexibility index (Phi) is 6.80. The molecule has 0 radical (unpaired) electrons. The minimum Gasteiger partial charge on any atom is -0.507 e. The number of ether oxygens (including phenoxy) is 1. The molecular weight excluding hydrogens is 601 g/mol. The number of hydrogen-bond acceptors (Lipinski definition) is 7. The van der Waals surface area contributed by atoms with Crippen molar-refractivity contribution < 1.29 is 19.0 Å². The van der Waals surface area contributed by atoms with Crippen LogP contribution >= 0.6 is 0 Å². The van der Waals surface area contributed by atoms with Crippen LogP contribution in [0.5, 0.6) is 11.5 Å². The van der Waals surface area contributed by atoms with Gasteiger partial charge in [-0.05, 0) is 67.6 Å². The number of methoxy groups -OCH3 is 1. The van der Waals surface area contributed by atoms with Gasteiger partial charge in [0.2, 0.25) is 0 Å². The van der Waals surface area contributed by atoms with Crippen LogP contribution in [0.3, 0.4) is 0 Å². The fourth-order valence-corrected chi connectivity index (χ4v) is 6.85. The van der Waals surface area contributed by atoms with E-state index in [0.717, 1.165) is 52.9 Å². The number of hydrogen-bond donors (Lipinski definition) is 3. The van der Waals surface area contributed by atoms with Gasteiger partial charge in [-0.3, -0.25) is 9.59 Å². The minimum atomic E-state index is -1.16. The van der Waals surface area contributed by atoms with Gasteiger partial charge in [-0.25, -0.2) is 14.4 Å². The standard InChI is InChI=1S/C35H34FN7O4/c1-41-32-27(10-21(12-30(32)47-2)35(46)42-16-22(36)13-23(37)17-42)40-34(41)28-11-20-6-7-25(39-33(20)43(28)15-18-3-4-18)19-5-8-26-24(9-19)29(44)14-31(45)38-26/h5-12,14,18,22-23H,3-4,13,15-17,37H2,1-2H3,(H2,38,44,45)/t22-,23-/m1/s1. The number of piperidine rings is 1. The normalized spacial score (nSPS) is 18.4. The highest BCUT2D eigenvalue weighted by atomic mass is 19.1. The quantitative estimate of drug-likeness (QED) is 0.240. The van der Waals surface area contributed by atoms with Gasteiger partial charge in [0.05, 0.1) is 36.1 Å². The van der Waals surface area contributed by atoms with E-state index in [4.69, 9.17) is 20.4 Å². The zero-order valence-electron chi connectivity index (χ0n) is 26.0. The lowest BCUT2D eigenvalue weighted by Crippen LogP contribution is -2.50. The number of nitrogens with one attached hydrogen (secondary N) is 1. The van der Waals surface area contributed by atoms with E-state index in [0.29, 0.717) is 46.0 Å². The molecule has 2 fully saturated rings. The average molecular weight is 636 g/mol. The summed E-state index contributed by atoms with van der Waals surface area (Å²) in [6.45, 7) is 1.08. The van der Waals surface area contributed by atoms with Gasteiger partial charge in [0.1, 0.15) is 28.8 Å². The van der Waals surface area contributed by atoms with Crippen molar-refractivity contribution in [2.45, 2.75) is 38.0 Å². The molecule has 1 aliphatic heterocycles. The third kappa shape index (κ3) is 5.09. The summed E-state index contributed by atoms with van der Waals surface area (Å²) in [6, 6.07) is 15.7. The Morgan fingerprint density at radius 3 is 2.70 bits per heavy atom. The molecule has 1 amide bonds. The predicted octanol–water partition coefficient (Wildman–Crippen LogP) is 4.73. The molecule has 4 N–H and O–H groups in total. The van der Waals surface area contributed by atoms with Gasteiger partial charge < -0.3 is 34.6 Å². The number of fused-ring (bicyclic) bond motifs is 3. The fraction of sp³-hybridized carbons (Fsp3) is 0.314. The van der Waals surface area contributed by atoms with Gasteiger partial charge in [-0.2, -0.15) is 0 Å². The van der Waals surface area contributed by atoms with E-state index in [-0.39, 0.29) is 30.2 Å². The second-order valence-electron chi connectivity index (χ2n) is 12.8. The SMILES string of the molecule is COc1cc(C(=O)N2C[C@H](N)C[C@@H](F)C2)cc2nc(-c3cc4ccc(-c5ccc6[nH]c(=O)cc(O)c6c5)nc4n3CC3CC3)n(C)c12. The molecule has 5 heterocycles. The molecule has 47 heavy (non-hydrogen) atoms. The van der Waals surface area contributed by atoms with Crippen molar-refractivity contribution in [1.29, 1.82) is 0 Å². The highest BCUT2D eigenvalue weighted by Crippen LogP contribution is 2.38. The van der Waals surface area contributed by atoms with Gasteiger partial charge >= 0.3 is 0 Å². The molecule has 240 valence electrons. The average Bonchev–Trinajstić information content (AvgIpc) is 3.72. The number of H-pyrrole nitrogens is 1. The summed E-state index contributed by atoms with van der Waals surface area (Å²) < 4.78 is 24.2. The molecule has 6 aromatic rings. The molecule has 2 aliphatic rings. The predicted molar refractivity (Wildman–Crippen MR) is 177 cm³/mol. The summed E-state index contributed by atoms with van der Waals surface area (Å²) in [7, 11) is 3.49. The maximum Gasteiger partial charge on any atom is 0.254 e. The Balaban J connectivity index is 1.24. The van der Waals surface area contributed by atoms with Crippen LogP contribution in [0.4, 0.5) is 4.39 Å². The molecule has 0 unspecified atom stereocenters. The Morgan fingerprint density at radius 2 is 1.94 bits per heavy atom. The molecule has 2 aromatic carbocycles. The zero-order chi connectivity index (χ0) is 32.6. The summed E-state index contributed by atoms with van der Waals surface area (Å²) in [6.07, 6.45) is 1.37. The first-order valence-corrected chi connectivity index (χ1v) is 15.8.